The third-order valence-corrected chi connectivity index (χ3v) is 2.91. The Hall–Kier alpha value is -2.52. The Labute approximate surface area is 119 Å². The van der Waals surface area contributed by atoms with Crippen molar-refractivity contribution in [3.05, 3.63) is 65.0 Å². The van der Waals surface area contributed by atoms with Gasteiger partial charge in [0.25, 0.3) is 0 Å². The predicted molar refractivity (Wildman–Crippen MR) is 70.9 cm³/mol. The number of benzene rings is 2. The van der Waals surface area contributed by atoms with Crippen molar-refractivity contribution in [1.82, 2.24) is 0 Å². The van der Waals surface area contributed by atoms with Crippen LogP contribution in [0.4, 0.5) is 18.9 Å². The number of halogens is 3. The molecule has 2 aromatic rings. The lowest BCUT2D eigenvalue weighted by Gasteiger charge is -2.15. The van der Waals surface area contributed by atoms with Crippen LogP contribution < -0.4 is 5.32 Å². The van der Waals surface area contributed by atoms with Gasteiger partial charge in [-0.2, -0.15) is 5.26 Å². The summed E-state index contributed by atoms with van der Waals surface area (Å²) in [6.07, 6.45) is -1.26. The molecule has 0 heterocycles. The van der Waals surface area contributed by atoms with Crippen molar-refractivity contribution in [2.75, 3.05) is 11.9 Å². The molecule has 0 amide bonds. The maximum Gasteiger partial charge on any atom is 0.150 e. The normalized spacial score (nSPS) is 11.8. The molecule has 0 aromatic heterocycles. The lowest BCUT2D eigenvalue weighted by Crippen LogP contribution is -2.15. The van der Waals surface area contributed by atoms with Gasteiger partial charge in [-0.1, -0.05) is 18.2 Å². The molecule has 0 aliphatic heterocycles. The second-order valence-electron chi connectivity index (χ2n) is 4.34. The van der Waals surface area contributed by atoms with Gasteiger partial charge < -0.3 is 10.4 Å². The van der Waals surface area contributed by atoms with Crippen LogP contribution in [0.3, 0.4) is 0 Å². The Morgan fingerprint density at radius 3 is 2.29 bits per heavy atom. The first-order chi connectivity index (χ1) is 10.0. The van der Waals surface area contributed by atoms with E-state index in [1.165, 1.54) is 18.2 Å². The molecule has 2 aromatic carbocycles. The first-order valence-corrected chi connectivity index (χ1v) is 6.08. The Balaban J connectivity index is 2.14. The molecule has 1 unspecified atom stereocenters. The summed E-state index contributed by atoms with van der Waals surface area (Å²) in [4.78, 5) is 0. The van der Waals surface area contributed by atoms with Crippen LogP contribution in [-0.2, 0) is 0 Å². The van der Waals surface area contributed by atoms with Crippen LogP contribution in [0.1, 0.15) is 17.2 Å². The summed E-state index contributed by atoms with van der Waals surface area (Å²) in [5.74, 6) is -2.51. The van der Waals surface area contributed by atoms with E-state index in [0.29, 0.717) is 0 Å². The van der Waals surface area contributed by atoms with Crippen molar-refractivity contribution >= 4 is 5.69 Å². The van der Waals surface area contributed by atoms with Crippen LogP contribution in [0.2, 0.25) is 0 Å². The predicted octanol–water partition coefficient (Wildman–Crippen LogP) is 3.12. The Morgan fingerprint density at radius 1 is 1.10 bits per heavy atom. The van der Waals surface area contributed by atoms with E-state index in [-0.39, 0.29) is 17.7 Å². The summed E-state index contributed by atoms with van der Waals surface area (Å²) >= 11 is 0. The highest BCUT2D eigenvalue weighted by molar-refractivity contribution is 5.50. The Kier molecular flexibility index (Phi) is 4.45. The minimum absolute atomic E-state index is 0.0273. The van der Waals surface area contributed by atoms with E-state index in [2.05, 4.69) is 5.32 Å². The van der Waals surface area contributed by atoms with E-state index < -0.39 is 29.2 Å². The molecule has 0 aliphatic carbocycles. The summed E-state index contributed by atoms with van der Waals surface area (Å²) in [7, 11) is 0. The monoisotopic (exact) mass is 292 g/mol. The summed E-state index contributed by atoms with van der Waals surface area (Å²) in [6.45, 7) is -0.277. The van der Waals surface area contributed by atoms with Crippen molar-refractivity contribution in [2.24, 2.45) is 0 Å². The molecule has 2 N–H and O–H groups in total. The fourth-order valence-corrected chi connectivity index (χ4v) is 1.86. The van der Waals surface area contributed by atoms with E-state index >= 15 is 0 Å². The topological polar surface area (TPSA) is 56.0 Å². The molecule has 0 fully saturated rings. The first kappa shape index (κ1) is 14.9. The smallest absolute Gasteiger partial charge is 0.150 e. The molecular formula is C15H11F3N2O. The number of aliphatic hydroxyl groups is 1. The molecule has 1 atom stereocenters. The first-order valence-electron chi connectivity index (χ1n) is 6.08. The van der Waals surface area contributed by atoms with E-state index in [9.17, 15) is 18.3 Å². The van der Waals surface area contributed by atoms with Gasteiger partial charge in [0.15, 0.2) is 11.6 Å². The van der Waals surface area contributed by atoms with E-state index in [1.807, 2.05) is 0 Å². The zero-order valence-corrected chi connectivity index (χ0v) is 10.8. The molecule has 6 heteroatoms. The van der Waals surface area contributed by atoms with E-state index in [1.54, 1.807) is 12.1 Å². The van der Waals surface area contributed by atoms with Crippen molar-refractivity contribution in [3.63, 3.8) is 0 Å². The Bertz CT molecular complexity index is 675. The minimum Gasteiger partial charge on any atom is -0.386 e. The van der Waals surface area contributed by atoms with Crippen LogP contribution in [0, 0.1) is 28.8 Å². The van der Waals surface area contributed by atoms with Gasteiger partial charge in [-0.25, -0.2) is 13.2 Å². The van der Waals surface area contributed by atoms with Crippen molar-refractivity contribution < 1.29 is 18.3 Å². The molecule has 0 bridgehead atoms. The third-order valence-electron chi connectivity index (χ3n) is 2.91. The van der Waals surface area contributed by atoms with Gasteiger partial charge >= 0.3 is 0 Å². The van der Waals surface area contributed by atoms with Crippen molar-refractivity contribution in [1.29, 1.82) is 5.26 Å². The number of nitrogens with zero attached hydrogens (tertiary/aromatic N) is 1. The number of rotatable bonds is 4. The van der Waals surface area contributed by atoms with Gasteiger partial charge in [0.2, 0.25) is 0 Å². The fourth-order valence-electron chi connectivity index (χ4n) is 1.86. The zero-order valence-electron chi connectivity index (χ0n) is 10.8. The van der Waals surface area contributed by atoms with Crippen LogP contribution >= 0.6 is 0 Å². The lowest BCUT2D eigenvalue weighted by atomic mass is 10.1. The molecule has 108 valence electrons. The average molecular weight is 292 g/mol. The fraction of sp³-hybridized carbons (Fsp3) is 0.133. The van der Waals surface area contributed by atoms with E-state index in [0.717, 1.165) is 12.1 Å². The van der Waals surface area contributed by atoms with Gasteiger partial charge in [0.05, 0.1) is 17.7 Å². The highest BCUT2D eigenvalue weighted by atomic mass is 19.1. The van der Waals surface area contributed by atoms with Gasteiger partial charge in [0, 0.05) is 12.1 Å². The standard InChI is InChI=1S/C15H11F3N2O/c16-11-4-2-1-3-10(11)14(21)8-20-15-12(17)5-9(7-19)6-13(15)18/h1-6,14,20-21H,8H2. The minimum atomic E-state index is -1.26. The number of anilines is 1. The van der Waals surface area contributed by atoms with Crippen LogP contribution in [0.5, 0.6) is 0 Å². The van der Waals surface area contributed by atoms with Gasteiger partial charge in [0.1, 0.15) is 11.5 Å². The van der Waals surface area contributed by atoms with Gasteiger partial charge in [-0.3, -0.25) is 0 Å². The molecule has 0 spiro atoms. The second kappa shape index (κ2) is 6.29. The van der Waals surface area contributed by atoms with Crippen molar-refractivity contribution in [3.8, 4) is 6.07 Å². The molecule has 21 heavy (non-hydrogen) atoms. The quantitative estimate of drug-likeness (QED) is 0.910. The van der Waals surface area contributed by atoms with Crippen LogP contribution in [0.25, 0.3) is 0 Å². The molecule has 0 radical (unpaired) electrons. The highest BCUT2D eigenvalue weighted by Gasteiger charge is 2.15. The van der Waals surface area contributed by atoms with Crippen molar-refractivity contribution in [2.45, 2.75) is 6.10 Å². The Morgan fingerprint density at radius 2 is 1.71 bits per heavy atom. The molecule has 2 rings (SSSR count). The second-order valence-corrected chi connectivity index (χ2v) is 4.34. The largest absolute Gasteiger partial charge is 0.386 e. The number of aliphatic hydroxyl groups excluding tert-OH is 1. The number of nitrogens with one attached hydrogen (secondary N) is 1. The number of hydrogen-bond acceptors (Lipinski definition) is 3. The molecular weight excluding hydrogens is 281 g/mol. The number of hydrogen-bond donors (Lipinski definition) is 2. The zero-order chi connectivity index (χ0) is 15.4. The average Bonchev–Trinajstić information content (AvgIpc) is 2.46. The van der Waals surface area contributed by atoms with Gasteiger partial charge in [-0.15, -0.1) is 0 Å². The van der Waals surface area contributed by atoms with Gasteiger partial charge in [-0.05, 0) is 18.2 Å². The summed E-state index contributed by atoms with van der Waals surface area (Å²) in [5.41, 5.74) is -0.589. The molecule has 3 nitrogen and oxygen atoms in total. The summed E-state index contributed by atoms with van der Waals surface area (Å²) in [5, 5.41) is 20.8. The highest BCUT2D eigenvalue weighted by Crippen LogP contribution is 2.23. The summed E-state index contributed by atoms with van der Waals surface area (Å²) in [6, 6.07) is 8.96. The maximum atomic E-state index is 13.6. The molecule has 0 saturated heterocycles. The third kappa shape index (κ3) is 3.33. The lowest BCUT2D eigenvalue weighted by molar-refractivity contribution is 0.186. The SMILES string of the molecule is N#Cc1cc(F)c(NCC(O)c2ccccc2F)c(F)c1. The van der Waals surface area contributed by atoms with Crippen LogP contribution in [-0.4, -0.2) is 11.7 Å². The summed E-state index contributed by atoms with van der Waals surface area (Å²) < 4.78 is 40.7. The molecule has 0 aliphatic rings. The maximum absolute atomic E-state index is 13.6. The number of nitriles is 1. The van der Waals surface area contributed by atoms with E-state index in [4.69, 9.17) is 5.26 Å². The molecule has 0 saturated carbocycles. The van der Waals surface area contributed by atoms with Crippen LogP contribution in [0.15, 0.2) is 36.4 Å².